The molecule has 0 spiro atoms. The van der Waals surface area contributed by atoms with Crippen molar-refractivity contribution in [2.24, 2.45) is 11.8 Å². The Kier molecular flexibility index (Phi) is 7.20. The molecule has 3 saturated heterocycles. The van der Waals surface area contributed by atoms with Crippen molar-refractivity contribution in [2.45, 2.75) is 30.9 Å². The smallest absolute Gasteiger partial charge is 0.409 e. The van der Waals surface area contributed by atoms with Gasteiger partial charge in [-0.05, 0) is 23.8 Å². The lowest BCUT2D eigenvalue weighted by Gasteiger charge is -2.49. The molecule has 3 fully saturated rings. The van der Waals surface area contributed by atoms with Gasteiger partial charge in [-0.3, -0.25) is 4.79 Å². The summed E-state index contributed by atoms with van der Waals surface area (Å²) in [6.07, 6.45) is -1.65. The highest BCUT2D eigenvalue weighted by atomic mass is 19.1. The molecule has 6 rings (SSSR count). The van der Waals surface area contributed by atoms with Crippen molar-refractivity contribution in [2.75, 3.05) is 33.3 Å². The van der Waals surface area contributed by atoms with Gasteiger partial charge in [-0.25, -0.2) is 22.9 Å². The fourth-order valence-electron chi connectivity index (χ4n) is 6.23. The fraction of sp³-hybridized carbons (Fsp3) is 0.414. The summed E-state index contributed by atoms with van der Waals surface area (Å²) in [6, 6.07) is 11.0. The number of fused-ring (bicyclic) bond motifs is 1. The van der Waals surface area contributed by atoms with E-state index in [4.69, 9.17) is 9.72 Å². The molecule has 0 bridgehead atoms. The van der Waals surface area contributed by atoms with Gasteiger partial charge in [0.05, 0.1) is 18.8 Å². The van der Waals surface area contributed by atoms with Crippen LogP contribution in [0.3, 0.4) is 0 Å². The fourth-order valence-corrected chi connectivity index (χ4v) is 6.23. The van der Waals surface area contributed by atoms with E-state index in [9.17, 15) is 27.9 Å². The number of benzene rings is 2. The third-order valence-corrected chi connectivity index (χ3v) is 8.36. The van der Waals surface area contributed by atoms with Crippen molar-refractivity contribution in [1.29, 1.82) is 0 Å². The van der Waals surface area contributed by atoms with E-state index < -0.39 is 53.9 Å². The summed E-state index contributed by atoms with van der Waals surface area (Å²) in [7, 11) is 1.28. The summed E-state index contributed by atoms with van der Waals surface area (Å²) in [6.45, 7) is 0.808. The van der Waals surface area contributed by atoms with E-state index in [-0.39, 0.29) is 43.4 Å². The minimum atomic E-state index is -1.47. The first-order valence-electron chi connectivity index (χ1n) is 13.5. The maximum atomic E-state index is 14.9. The molecule has 3 aliphatic heterocycles. The number of aromatic nitrogens is 2. The lowest BCUT2D eigenvalue weighted by atomic mass is 9.84. The number of ether oxygens (including phenoxy) is 1. The molecule has 2 N–H and O–H groups in total. The molecule has 0 radical (unpaired) electrons. The van der Waals surface area contributed by atoms with Gasteiger partial charge in [0.2, 0.25) is 0 Å². The van der Waals surface area contributed by atoms with Gasteiger partial charge in [-0.1, -0.05) is 30.3 Å². The van der Waals surface area contributed by atoms with Crippen LogP contribution in [0.5, 0.6) is 0 Å². The van der Waals surface area contributed by atoms with Gasteiger partial charge in [-0.2, -0.15) is 0 Å². The molecule has 1 aromatic heterocycles. The standard InChI is InChI=1S/C29H30F3N5O4/c1-41-29(40)36-12-17(13-36)25(37-14-20-22(32)10-33-24(20)26(38)28(37)39)27-34-23(19-9-18(30)7-8-21(19)31)15-35(27)11-16-5-3-2-4-6-16/h2-9,15,17,20,22,24-26,33,38H,10-14H2,1H3/t20-,22-,24?,25+,26-/m0/s1. The van der Waals surface area contributed by atoms with Gasteiger partial charge < -0.3 is 29.5 Å². The summed E-state index contributed by atoms with van der Waals surface area (Å²) in [5.74, 6) is -2.49. The Labute approximate surface area is 234 Å². The first kappa shape index (κ1) is 27.3. The third-order valence-electron chi connectivity index (χ3n) is 8.36. The van der Waals surface area contributed by atoms with Gasteiger partial charge >= 0.3 is 6.09 Å². The molecule has 4 heterocycles. The number of piperidine rings is 1. The second-order valence-electron chi connectivity index (χ2n) is 10.9. The highest BCUT2D eigenvalue weighted by Crippen LogP contribution is 2.41. The van der Waals surface area contributed by atoms with Crippen LogP contribution in [0.25, 0.3) is 11.3 Å². The van der Waals surface area contributed by atoms with Gasteiger partial charge in [-0.15, -0.1) is 0 Å². The number of carbonyl (C=O) groups excluding carboxylic acids is 2. The van der Waals surface area contributed by atoms with Crippen molar-refractivity contribution in [3.05, 3.63) is 77.8 Å². The normalized spacial score (nSPS) is 25.1. The SMILES string of the molecule is COC(=O)N1CC([C@H](c2nc(-c3cc(F)ccc3F)cn2Cc2ccccc2)N2C[C@@H]3C(NC[C@@H]3F)[C@H](O)C2=O)C1. The minimum Gasteiger partial charge on any atom is -0.453 e. The monoisotopic (exact) mass is 569 g/mol. The van der Waals surface area contributed by atoms with Crippen LogP contribution in [0.1, 0.15) is 17.4 Å². The number of aliphatic hydroxyl groups is 1. The Hall–Kier alpha value is -3.90. The number of hydrogen-bond acceptors (Lipinski definition) is 6. The number of methoxy groups -OCH3 is 1. The van der Waals surface area contributed by atoms with Crippen LogP contribution >= 0.6 is 0 Å². The Morgan fingerprint density at radius 2 is 1.93 bits per heavy atom. The summed E-state index contributed by atoms with van der Waals surface area (Å²) in [5.41, 5.74) is 1.02. The van der Waals surface area contributed by atoms with Crippen LogP contribution in [0, 0.1) is 23.5 Å². The highest BCUT2D eigenvalue weighted by molar-refractivity contribution is 5.83. The van der Waals surface area contributed by atoms with Gasteiger partial charge in [0, 0.05) is 62.4 Å². The van der Waals surface area contributed by atoms with E-state index in [0.717, 1.165) is 23.8 Å². The van der Waals surface area contributed by atoms with Crippen molar-refractivity contribution < 1.29 is 32.6 Å². The molecule has 0 aliphatic carbocycles. The predicted molar refractivity (Wildman–Crippen MR) is 141 cm³/mol. The molecule has 41 heavy (non-hydrogen) atoms. The summed E-state index contributed by atoms with van der Waals surface area (Å²) < 4.78 is 50.6. The molecular weight excluding hydrogens is 539 g/mol. The maximum Gasteiger partial charge on any atom is 0.409 e. The van der Waals surface area contributed by atoms with E-state index in [2.05, 4.69) is 5.32 Å². The molecule has 9 nitrogen and oxygen atoms in total. The molecule has 1 unspecified atom stereocenters. The highest BCUT2D eigenvalue weighted by Gasteiger charge is 2.53. The zero-order valence-electron chi connectivity index (χ0n) is 22.3. The van der Waals surface area contributed by atoms with Crippen molar-refractivity contribution in [3.63, 3.8) is 0 Å². The Balaban J connectivity index is 1.46. The minimum absolute atomic E-state index is 0.0238. The number of rotatable bonds is 6. The number of aliphatic hydroxyl groups excluding tert-OH is 1. The quantitative estimate of drug-likeness (QED) is 0.474. The van der Waals surface area contributed by atoms with Crippen LogP contribution in [-0.2, 0) is 16.1 Å². The number of halogens is 3. The van der Waals surface area contributed by atoms with Crippen molar-refractivity contribution in [3.8, 4) is 11.3 Å². The lowest BCUT2D eigenvalue weighted by molar-refractivity contribution is -0.155. The number of likely N-dealkylation sites (tertiary alicyclic amines) is 2. The second-order valence-corrected chi connectivity index (χ2v) is 10.9. The average molecular weight is 570 g/mol. The molecule has 3 aromatic rings. The first-order chi connectivity index (χ1) is 19.7. The Morgan fingerprint density at radius 1 is 1.17 bits per heavy atom. The second kappa shape index (κ2) is 10.8. The summed E-state index contributed by atoms with van der Waals surface area (Å²) in [4.78, 5) is 33.5. The van der Waals surface area contributed by atoms with Crippen LogP contribution < -0.4 is 5.32 Å². The van der Waals surface area contributed by atoms with Gasteiger partial charge in [0.15, 0.2) is 0 Å². The zero-order chi connectivity index (χ0) is 28.8. The number of alkyl halides is 1. The molecule has 5 atom stereocenters. The lowest BCUT2D eigenvalue weighted by Crippen LogP contribution is -2.63. The van der Waals surface area contributed by atoms with Crippen molar-refractivity contribution in [1.82, 2.24) is 24.7 Å². The summed E-state index contributed by atoms with van der Waals surface area (Å²) in [5, 5.41) is 13.8. The van der Waals surface area contributed by atoms with Gasteiger partial charge in [0.25, 0.3) is 5.91 Å². The molecule has 216 valence electrons. The van der Waals surface area contributed by atoms with Crippen LogP contribution in [0.4, 0.5) is 18.0 Å². The molecule has 12 heteroatoms. The van der Waals surface area contributed by atoms with E-state index in [1.54, 1.807) is 10.8 Å². The third kappa shape index (κ3) is 4.95. The zero-order valence-corrected chi connectivity index (χ0v) is 22.3. The summed E-state index contributed by atoms with van der Waals surface area (Å²) >= 11 is 0. The van der Waals surface area contributed by atoms with Crippen LogP contribution in [0.15, 0.2) is 54.7 Å². The Morgan fingerprint density at radius 3 is 2.66 bits per heavy atom. The van der Waals surface area contributed by atoms with Crippen LogP contribution in [-0.4, -0.2) is 88.1 Å². The first-order valence-corrected chi connectivity index (χ1v) is 13.5. The number of carbonyl (C=O) groups is 2. The maximum absolute atomic E-state index is 14.9. The number of hydrogen-bond donors (Lipinski definition) is 2. The van der Waals surface area contributed by atoms with Gasteiger partial charge in [0.1, 0.15) is 29.7 Å². The number of amides is 2. The predicted octanol–water partition coefficient (Wildman–Crippen LogP) is 2.75. The number of nitrogens with zero attached hydrogens (tertiary/aromatic N) is 4. The van der Waals surface area contributed by atoms with E-state index in [1.807, 2.05) is 30.3 Å². The molecule has 0 saturated carbocycles. The average Bonchev–Trinajstić information content (AvgIpc) is 3.53. The topological polar surface area (TPSA) is 99.9 Å². The molecule has 2 aromatic carbocycles. The Bertz CT molecular complexity index is 1450. The van der Waals surface area contributed by atoms with Crippen molar-refractivity contribution >= 4 is 12.0 Å². The van der Waals surface area contributed by atoms with E-state index >= 15 is 0 Å². The van der Waals surface area contributed by atoms with Crippen LogP contribution in [0.2, 0.25) is 0 Å². The molecule has 2 amide bonds. The molecular formula is C29H30F3N5O4. The molecule has 3 aliphatic rings. The largest absolute Gasteiger partial charge is 0.453 e. The van der Waals surface area contributed by atoms with E-state index in [1.165, 1.54) is 16.9 Å². The number of nitrogens with one attached hydrogen (secondary N) is 1. The number of imidazole rings is 1. The van der Waals surface area contributed by atoms with E-state index in [0.29, 0.717) is 12.4 Å².